The molecular formula is C25H22BrClN6O3. The Morgan fingerprint density at radius 3 is 2.72 bits per heavy atom. The number of carbonyl (C=O) groups excluding carboxylic acids is 1. The number of carbonyl (C=O) groups is 1. The molecule has 9 nitrogen and oxygen atoms in total. The van der Waals surface area contributed by atoms with Gasteiger partial charge in [0.15, 0.2) is 16.7 Å². The van der Waals surface area contributed by atoms with Gasteiger partial charge in [0.1, 0.15) is 5.82 Å². The van der Waals surface area contributed by atoms with Gasteiger partial charge in [-0.25, -0.2) is 14.9 Å². The number of tetrazole rings is 1. The zero-order chi connectivity index (χ0) is 25.2. The van der Waals surface area contributed by atoms with E-state index < -0.39 is 5.97 Å². The Balaban J connectivity index is 1.76. The van der Waals surface area contributed by atoms with Crippen molar-refractivity contribution in [3.63, 3.8) is 0 Å². The smallest absolute Gasteiger partial charge is 0.357 e. The maximum Gasteiger partial charge on any atom is 0.357 e. The van der Waals surface area contributed by atoms with Crippen LogP contribution in [0.1, 0.15) is 41.6 Å². The molecule has 0 saturated carbocycles. The number of hydrogen-bond acceptors (Lipinski definition) is 7. The molecule has 0 fully saturated rings. The van der Waals surface area contributed by atoms with Crippen molar-refractivity contribution in [3.05, 3.63) is 69.6 Å². The molecule has 1 aromatic carbocycles. The van der Waals surface area contributed by atoms with Crippen LogP contribution in [0, 0.1) is 0 Å². The summed E-state index contributed by atoms with van der Waals surface area (Å²) in [5.74, 6) is 0.741. The fourth-order valence-electron chi connectivity index (χ4n) is 4.44. The summed E-state index contributed by atoms with van der Waals surface area (Å²) < 4.78 is 13.3. The molecule has 0 bridgehead atoms. The summed E-state index contributed by atoms with van der Waals surface area (Å²) >= 11 is 10.3. The van der Waals surface area contributed by atoms with Crippen molar-refractivity contribution in [1.82, 2.24) is 30.2 Å². The van der Waals surface area contributed by atoms with Crippen LogP contribution in [0.5, 0.6) is 0 Å². The summed E-state index contributed by atoms with van der Waals surface area (Å²) in [4.78, 5) is 17.3. The number of methoxy groups -OCH3 is 1. The number of ether oxygens (including phenoxy) is 1. The van der Waals surface area contributed by atoms with Gasteiger partial charge in [-0.15, -0.1) is 5.10 Å². The number of fused-ring (bicyclic) bond motifs is 1. The topological polar surface area (TPSA) is 112 Å². The highest BCUT2D eigenvalue weighted by Crippen LogP contribution is 2.48. The molecule has 2 aliphatic rings. The maximum absolute atomic E-state index is 12.7. The molecular weight excluding hydrogens is 548 g/mol. The Bertz CT molecular complexity index is 1490. The van der Waals surface area contributed by atoms with Crippen LogP contribution in [0.2, 0.25) is 5.15 Å². The number of rotatable bonds is 8. The van der Waals surface area contributed by atoms with E-state index in [-0.39, 0.29) is 10.8 Å². The highest BCUT2D eigenvalue weighted by atomic mass is 79.9. The second-order valence-electron chi connectivity index (χ2n) is 8.20. The molecule has 1 N–H and O–H groups in total. The summed E-state index contributed by atoms with van der Waals surface area (Å²) in [5, 5.41) is 14.6. The van der Waals surface area contributed by atoms with E-state index in [2.05, 4.69) is 48.5 Å². The predicted octanol–water partition coefficient (Wildman–Crippen LogP) is 6.02. The summed E-state index contributed by atoms with van der Waals surface area (Å²) in [6.07, 6.45) is 5.90. The van der Waals surface area contributed by atoms with Crippen molar-refractivity contribution in [2.45, 2.75) is 32.7 Å². The first kappa shape index (κ1) is 24.2. The number of aromatic amines is 1. The largest absolute Gasteiger partial charge is 0.472 e. The van der Waals surface area contributed by atoms with Crippen molar-refractivity contribution in [2.75, 3.05) is 7.11 Å². The maximum atomic E-state index is 12.7. The van der Waals surface area contributed by atoms with Crippen molar-refractivity contribution in [2.24, 2.45) is 0 Å². The number of esters is 1. The Hall–Kier alpha value is -3.50. The number of unbranched alkanes of at least 4 members (excludes halogenated alkanes) is 1. The number of hydrogen-bond donors (Lipinski definition) is 1. The van der Waals surface area contributed by atoms with E-state index in [4.69, 9.17) is 20.8 Å². The van der Waals surface area contributed by atoms with E-state index in [1.807, 2.05) is 34.9 Å². The lowest BCUT2D eigenvalue weighted by Crippen LogP contribution is -2.15. The fraction of sp³-hybridized carbons (Fsp3) is 0.240. The zero-order valence-electron chi connectivity index (χ0n) is 19.6. The van der Waals surface area contributed by atoms with Gasteiger partial charge < -0.3 is 13.7 Å². The monoisotopic (exact) mass is 568 g/mol. The Morgan fingerprint density at radius 2 is 2.00 bits per heavy atom. The molecule has 2 aromatic heterocycles. The quantitative estimate of drug-likeness (QED) is 0.227. The standard InChI is InChI=1S/C25H22BrClN6O3/c1-3-4-9-19-28-23(27)22(25(34)35-2)33(19)12-17-14-10-11-36-13-18(14)21(26)20(17)15-7-5-6-8-16(15)24-29-31-32-30-24/h5-8,10-11,13H,3-4,9,12H2,1-2H3,(H,29,30,31,32). The minimum absolute atomic E-state index is 0.132. The highest BCUT2D eigenvalue weighted by Gasteiger charge is 2.29. The molecule has 0 amide bonds. The van der Waals surface area contributed by atoms with Crippen LogP contribution in [0.25, 0.3) is 33.6 Å². The normalized spacial score (nSPS) is 11.3. The minimum atomic E-state index is -0.533. The third-order valence-electron chi connectivity index (χ3n) is 6.12. The highest BCUT2D eigenvalue weighted by molar-refractivity contribution is 9.10. The SMILES string of the molecule is CCCCc1nc(Cl)c(C(=O)OC)n1Cc1c2ccocc-2c(Br)c1-c1ccccc1-c1nnn[nH]1. The van der Waals surface area contributed by atoms with Crippen LogP contribution in [0.15, 0.2) is 51.7 Å². The number of benzene rings is 1. The van der Waals surface area contributed by atoms with Gasteiger partial charge in [0.25, 0.3) is 0 Å². The van der Waals surface area contributed by atoms with Crippen LogP contribution in [0.4, 0.5) is 0 Å². The van der Waals surface area contributed by atoms with Crippen molar-refractivity contribution >= 4 is 33.5 Å². The first-order valence-corrected chi connectivity index (χ1v) is 12.5. The predicted molar refractivity (Wildman–Crippen MR) is 138 cm³/mol. The molecule has 184 valence electrons. The van der Waals surface area contributed by atoms with Gasteiger partial charge in [-0.05, 0) is 55.5 Å². The van der Waals surface area contributed by atoms with Crippen molar-refractivity contribution in [3.8, 4) is 33.6 Å². The van der Waals surface area contributed by atoms with Gasteiger partial charge in [0.2, 0.25) is 0 Å². The van der Waals surface area contributed by atoms with Crippen LogP contribution in [-0.4, -0.2) is 43.3 Å². The molecule has 5 rings (SSSR count). The van der Waals surface area contributed by atoms with Gasteiger partial charge >= 0.3 is 5.97 Å². The molecule has 0 spiro atoms. The minimum Gasteiger partial charge on any atom is -0.472 e. The molecule has 0 saturated heterocycles. The molecule has 1 aliphatic carbocycles. The summed E-state index contributed by atoms with van der Waals surface area (Å²) in [7, 11) is 1.34. The van der Waals surface area contributed by atoms with Gasteiger partial charge in [0, 0.05) is 27.6 Å². The van der Waals surface area contributed by atoms with Crippen LogP contribution >= 0.6 is 27.5 Å². The number of halogens is 2. The molecule has 36 heavy (non-hydrogen) atoms. The molecule has 3 aromatic rings. The van der Waals surface area contributed by atoms with Gasteiger partial charge in [-0.3, -0.25) is 0 Å². The van der Waals surface area contributed by atoms with Crippen LogP contribution in [-0.2, 0) is 17.7 Å². The molecule has 0 radical (unpaired) electrons. The summed E-state index contributed by atoms with van der Waals surface area (Å²) in [6.45, 7) is 2.45. The van der Waals surface area contributed by atoms with E-state index in [0.29, 0.717) is 18.8 Å². The van der Waals surface area contributed by atoms with E-state index in [1.54, 1.807) is 12.5 Å². The first-order chi connectivity index (χ1) is 17.5. The van der Waals surface area contributed by atoms with E-state index in [9.17, 15) is 4.79 Å². The van der Waals surface area contributed by atoms with Gasteiger partial charge in [-0.1, -0.05) is 49.2 Å². The number of aryl methyl sites for hydroxylation is 1. The van der Waals surface area contributed by atoms with Crippen molar-refractivity contribution < 1.29 is 13.9 Å². The number of nitrogens with one attached hydrogen (secondary N) is 1. The summed E-state index contributed by atoms with van der Waals surface area (Å²) in [5.41, 5.74) is 5.74. The zero-order valence-corrected chi connectivity index (χ0v) is 21.9. The molecule has 0 atom stereocenters. The Kier molecular flexibility index (Phi) is 6.88. The van der Waals surface area contributed by atoms with E-state index >= 15 is 0 Å². The Labute approximate surface area is 220 Å². The van der Waals surface area contributed by atoms with Crippen LogP contribution < -0.4 is 0 Å². The summed E-state index contributed by atoms with van der Waals surface area (Å²) in [6, 6.07) is 9.77. The van der Waals surface area contributed by atoms with E-state index in [0.717, 1.165) is 56.5 Å². The second-order valence-corrected chi connectivity index (χ2v) is 9.35. The third-order valence-corrected chi connectivity index (χ3v) is 7.21. The van der Waals surface area contributed by atoms with Gasteiger partial charge in [0.05, 0.1) is 26.2 Å². The lowest BCUT2D eigenvalue weighted by Gasteiger charge is -2.15. The molecule has 0 unspecified atom stereocenters. The number of aromatic nitrogens is 6. The average molecular weight is 570 g/mol. The number of nitrogens with zero attached hydrogens (tertiary/aromatic N) is 5. The van der Waals surface area contributed by atoms with Gasteiger partial charge in [-0.2, -0.15) is 0 Å². The first-order valence-electron chi connectivity index (χ1n) is 11.4. The van der Waals surface area contributed by atoms with Crippen molar-refractivity contribution in [1.29, 1.82) is 0 Å². The third kappa shape index (κ3) is 4.20. The lowest BCUT2D eigenvalue weighted by atomic mass is 9.97. The van der Waals surface area contributed by atoms with Crippen LogP contribution in [0.3, 0.4) is 0 Å². The molecule has 1 aliphatic heterocycles. The lowest BCUT2D eigenvalue weighted by molar-refractivity contribution is 0.0589. The fourth-order valence-corrected chi connectivity index (χ4v) is 5.48. The number of imidazole rings is 1. The molecule has 11 heteroatoms. The van der Waals surface area contributed by atoms with E-state index in [1.165, 1.54) is 7.11 Å². The Morgan fingerprint density at radius 1 is 1.19 bits per heavy atom. The molecule has 3 heterocycles. The second kappa shape index (κ2) is 10.2. The average Bonchev–Trinajstić information content (AvgIpc) is 3.61. The number of H-pyrrole nitrogens is 1.